The molecular formula is C13H11ClF3N3O3S. The van der Waals surface area contributed by atoms with Crippen molar-refractivity contribution in [1.29, 1.82) is 0 Å². The minimum atomic E-state index is -4.89. The molecule has 1 aromatic heterocycles. The van der Waals surface area contributed by atoms with Crippen LogP contribution in [0.4, 0.5) is 13.2 Å². The van der Waals surface area contributed by atoms with Crippen molar-refractivity contribution >= 4 is 21.6 Å². The van der Waals surface area contributed by atoms with Gasteiger partial charge in [0.15, 0.2) is 5.03 Å². The third-order valence-corrected chi connectivity index (χ3v) is 4.59. The lowest BCUT2D eigenvalue weighted by molar-refractivity contribution is -0.153. The number of hydrogen-bond acceptors (Lipinski definition) is 4. The van der Waals surface area contributed by atoms with Crippen LogP contribution in [0.5, 0.6) is 0 Å². The molecule has 130 valence electrons. The molecular weight excluding hydrogens is 371 g/mol. The van der Waals surface area contributed by atoms with Crippen LogP contribution in [0.1, 0.15) is 11.6 Å². The molecule has 0 saturated heterocycles. The van der Waals surface area contributed by atoms with Crippen LogP contribution in [0, 0.1) is 0 Å². The molecule has 1 aromatic carbocycles. The fourth-order valence-corrected chi connectivity index (χ4v) is 3.12. The number of hydrogen-bond donors (Lipinski definition) is 1. The topological polar surface area (TPSA) is 81.1 Å². The van der Waals surface area contributed by atoms with Crippen LogP contribution in [0.25, 0.3) is 0 Å². The van der Waals surface area contributed by atoms with Crippen LogP contribution in [0.3, 0.4) is 0 Å². The Morgan fingerprint density at radius 2 is 1.83 bits per heavy atom. The number of nitrogens with zero attached hydrogens (tertiary/aromatic N) is 2. The number of aryl methyl sites for hydroxylation is 1. The highest BCUT2D eigenvalue weighted by molar-refractivity contribution is 7.89. The molecule has 1 N–H and O–H groups in total. The summed E-state index contributed by atoms with van der Waals surface area (Å²) in [5.41, 5.74) is -0.931. The Balaban J connectivity index is 2.43. The molecule has 0 aliphatic carbocycles. The molecule has 6 nitrogen and oxygen atoms in total. The maximum Gasteiger partial charge on any atom is 0.408 e. The van der Waals surface area contributed by atoms with Crippen LogP contribution in [0.15, 0.2) is 46.5 Å². The zero-order chi connectivity index (χ0) is 18.1. The van der Waals surface area contributed by atoms with Crippen molar-refractivity contribution in [3.8, 4) is 0 Å². The average Bonchev–Trinajstić information content (AvgIpc) is 2.47. The van der Waals surface area contributed by atoms with Crippen LogP contribution in [-0.4, -0.2) is 24.1 Å². The Morgan fingerprint density at radius 3 is 2.33 bits per heavy atom. The van der Waals surface area contributed by atoms with Crippen LogP contribution < -0.4 is 10.3 Å². The summed E-state index contributed by atoms with van der Waals surface area (Å²) in [5, 5.41) is -0.491. The highest BCUT2D eigenvalue weighted by atomic mass is 35.5. The fraction of sp³-hybridized carbons (Fsp3) is 0.231. The van der Waals surface area contributed by atoms with E-state index in [4.69, 9.17) is 11.6 Å². The molecule has 0 aliphatic rings. The maximum absolute atomic E-state index is 13.3. The largest absolute Gasteiger partial charge is 0.408 e. The van der Waals surface area contributed by atoms with Gasteiger partial charge in [0.05, 0.1) is 6.20 Å². The lowest BCUT2D eigenvalue weighted by Gasteiger charge is -2.21. The number of benzene rings is 1. The Morgan fingerprint density at radius 1 is 1.25 bits per heavy atom. The van der Waals surface area contributed by atoms with E-state index in [2.05, 4.69) is 4.98 Å². The Labute approximate surface area is 140 Å². The second-order valence-electron chi connectivity index (χ2n) is 4.82. The van der Waals surface area contributed by atoms with E-state index < -0.39 is 32.8 Å². The Bertz CT molecular complexity index is 895. The van der Waals surface area contributed by atoms with Gasteiger partial charge in [0.1, 0.15) is 6.04 Å². The molecule has 0 fully saturated rings. The summed E-state index contributed by atoms with van der Waals surface area (Å²) in [6.45, 7) is 0. The lowest BCUT2D eigenvalue weighted by atomic mass is 10.1. The number of rotatable bonds is 4. The van der Waals surface area contributed by atoms with E-state index in [0.29, 0.717) is 6.20 Å². The highest BCUT2D eigenvalue weighted by Gasteiger charge is 2.43. The lowest BCUT2D eigenvalue weighted by Crippen LogP contribution is -2.38. The van der Waals surface area contributed by atoms with Crippen molar-refractivity contribution in [2.45, 2.75) is 17.2 Å². The predicted octanol–water partition coefficient (Wildman–Crippen LogP) is 2.02. The number of halogens is 4. The predicted molar refractivity (Wildman–Crippen MR) is 80.0 cm³/mol. The van der Waals surface area contributed by atoms with Gasteiger partial charge >= 0.3 is 6.18 Å². The van der Waals surface area contributed by atoms with Gasteiger partial charge in [0.25, 0.3) is 15.6 Å². The Hall–Kier alpha value is -1.91. The van der Waals surface area contributed by atoms with Gasteiger partial charge in [-0.2, -0.15) is 17.9 Å². The van der Waals surface area contributed by atoms with Gasteiger partial charge in [0, 0.05) is 18.3 Å². The average molecular weight is 382 g/mol. The number of sulfonamides is 1. The molecule has 24 heavy (non-hydrogen) atoms. The normalized spacial score (nSPS) is 13.7. The third-order valence-electron chi connectivity index (χ3n) is 3.03. The molecule has 2 aromatic rings. The molecule has 0 aliphatic heterocycles. The van der Waals surface area contributed by atoms with E-state index in [1.807, 2.05) is 0 Å². The SMILES string of the molecule is Cn1cc(S(=O)(=O)NC(c2ccc(Cl)cc2)C(F)(F)F)ncc1=O. The first kappa shape index (κ1) is 18.4. The van der Waals surface area contributed by atoms with Crippen molar-refractivity contribution < 1.29 is 21.6 Å². The van der Waals surface area contributed by atoms with E-state index in [0.717, 1.165) is 22.9 Å². The van der Waals surface area contributed by atoms with E-state index >= 15 is 0 Å². The summed E-state index contributed by atoms with van der Waals surface area (Å²) in [4.78, 5) is 14.6. The molecule has 2 rings (SSSR count). The van der Waals surface area contributed by atoms with Crippen molar-refractivity contribution in [2.75, 3.05) is 0 Å². The third kappa shape index (κ3) is 4.13. The summed E-state index contributed by atoms with van der Waals surface area (Å²) in [6, 6.07) is 2.08. The molecule has 0 bridgehead atoms. The van der Waals surface area contributed by atoms with Gasteiger partial charge in [0.2, 0.25) is 0 Å². The number of nitrogens with one attached hydrogen (secondary N) is 1. The molecule has 1 heterocycles. The molecule has 0 amide bonds. The van der Waals surface area contributed by atoms with Crippen LogP contribution in [0.2, 0.25) is 5.02 Å². The van der Waals surface area contributed by atoms with E-state index in [1.54, 1.807) is 4.72 Å². The molecule has 1 unspecified atom stereocenters. The van der Waals surface area contributed by atoms with E-state index in [1.165, 1.54) is 19.2 Å². The minimum Gasteiger partial charge on any atom is -0.314 e. The van der Waals surface area contributed by atoms with Crippen molar-refractivity contribution in [2.24, 2.45) is 7.05 Å². The molecule has 0 spiro atoms. The monoisotopic (exact) mass is 381 g/mol. The smallest absolute Gasteiger partial charge is 0.314 e. The summed E-state index contributed by atoms with van der Waals surface area (Å²) in [6.07, 6.45) is -3.35. The number of alkyl halides is 3. The van der Waals surface area contributed by atoms with Crippen LogP contribution >= 0.6 is 11.6 Å². The quantitative estimate of drug-likeness (QED) is 0.878. The van der Waals surface area contributed by atoms with Crippen molar-refractivity contribution in [1.82, 2.24) is 14.3 Å². The zero-order valence-corrected chi connectivity index (χ0v) is 13.7. The first-order valence-electron chi connectivity index (χ1n) is 6.38. The van der Waals surface area contributed by atoms with E-state index in [9.17, 15) is 26.4 Å². The standard InChI is InChI=1S/C13H11ClF3N3O3S/c1-20-7-10(18-6-11(20)21)24(22,23)19-12(13(15,16)17)8-2-4-9(14)5-3-8/h2-7,12,19H,1H3. The zero-order valence-electron chi connectivity index (χ0n) is 12.1. The summed E-state index contributed by atoms with van der Waals surface area (Å²) in [7, 11) is -3.36. The van der Waals surface area contributed by atoms with Crippen molar-refractivity contribution in [3.63, 3.8) is 0 Å². The first-order valence-corrected chi connectivity index (χ1v) is 8.24. The van der Waals surface area contributed by atoms with Gasteiger partial charge in [-0.1, -0.05) is 23.7 Å². The van der Waals surface area contributed by atoms with E-state index in [-0.39, 0.29) is 10.6 Å². The molecule has 0 radical (unpaired) electrons. The molecule has 11 heteroatoms. The Kier molecular flexibility index (Phi) is 5.02. The van der Waals surface area contributed by atoms with Gasteiger partial charge in [-0.3, -0.25) is 4.79 Å². The summed E-state index contributed by atoms with van der Waals surface area (Å²) >= 11 is 5.63. The summed E-state index contributed by atoms with van der Waals surface area (Å²) in [5.74, 6) is 0. The first-order chi connectivity index (χ1) is 11.0. The number of aromatic nitrogens is 2. The molecule has 0 saturated carbocycles. The second kappa shape index (κ2) is 6.54. The second-order valence-corrected chi connectivity index (χ2v) is 6.92. The highest BCUT2D eigenvalue weighted by Crippen LogP contribution is 2.34. The van der Waals surface area contributed by atoms with Gasteiger partial charge in [-0.15, -0.1) is 0 Å². The van der Waals surface area contributed by atoms with Gasteiger partial charge in [-0.05, 0) is 17.7 Å². The van der Waals surface area contributed by atoms with Crippen molar-refractivity contribution in [3.05, 3.63) is 57.6 Å². The fourth-order valence-electron chi connectivity index (χ4n) is 1.81. The van der Waals surface area contributed by atoms with Gasteiger partial charge in [-0.25, -0.2) is 13.4 Å². The summed E-state index contributed by atoms with van der Waals surface area (Å²) < 4.78 is 66.6. The van der Waals surface area contributed by atoms with Crippen LogP contribution in [-0.2, 0) is 17.1 Å². The maximum atomic E-state index is 13.3. The van der Waals surface area contributed by atoms with Gasteiger partial charge < -0.3 is 4.57 Å². The minimum absolute atomic E-state index is 0.210. The molecule has 1 atom stereocenters.